The Labute approximate surface area is 135 Å². The van der Waals surface area contributed by atoms with Gasteiger partial charge in [-0.25, -0.2) is 0 Å². The minimum atomic E-state index is -0.105. The third-order valence-corrected chi connectivity index (χ3v) is 3.57. The molecule has 0 spiro atoms. The van der Waals surface area contributed by atoms with Crippen molar-refractivity contribution in [3.63, 3.8) is 0 Å². The zero-order chi connectivity index (χ0) is 15.9. The Morgan fingerprint density at radius 2 is 2.32 bits per heavy atom. The number of halogens is 1. The van der Waals surface area contributed by atoms with Crippen LogP contribution in [0.25, 0.3) is 0 Å². The molecule has 7 heteroatoms. The van der Waals surface area contributed by atoms with Crippen molar-refractivity contribution < 1.29 is 14.3 Å². The van der Waals surface area contributed by atoms with E-state index in [1.54, 1.807) is 17.0 Å². The quantitative estimate of drug-likeness (QED) is 0.832. The molecule has 1 saturated heterocycles. The van der Waals surface area contributed by atoms with Crippen molar-refractivity contribution in [3.05, 3.63) is 29.3 Å². The Balaban J connectivity index is 1.70. The molecule has 6 nitrogen and oxygen atoms in total. The molecule has 0 atom stereocenters. The van der Waals surface area contributed by atoms with Gasteiger partial charge in [-0.05, 0) is 25.2 Å². The summed E-state index contributed by atoms with van der Waals surface area (Å²) in [7, 11) is 1.85. The summed E-state index contributed by atoms with van der Waals surface area (Å²) in [5, 5.41) is 3.33. The van der Waals surface area contributed by atoms with Crippen LogP contribution in [0.2, 0.25) is 5.02 Å². The number of nitrogens with zero attached hydrogens (tertiary/aromatic N) is 2. The molecule has 1 aliphatic heterocycles. The second-order valence-corrected chi connectivity index (χ2v) is 5.65. The fraction of sp³-hybridized carbons (Fsp3) is 0.467. The number of hydrogen-bond acceptors (Lipinski definition) is 4. The Kier molecular flexibility index (Phi) is 6.03. The lowest BCUT2D eigenvalue weighted by atomic mass is 10.3. The van der Waals surface area contributed by atoms with Gasteiger partial charge >= 0.3 is 0 Å². The first kappa shape index (κ1) is 16.6. The highest BCUT2D eigenvalue weighted by Crippen LogP contribution is 2.16. The molecule has 0 radical (unpaired) electrons. The van der Waals surface area contributed by atoms with Gasteiger partial charge in [0.05, 0.1) is 13.1 Å². The molecule has 2 amide bonds. The van der Waals surface area contributed by atoms with Crippen molar-refractivity contribution in [2.75, 3.05) is 46.4 Å². The molecule has 0 bridgehead atoms. The van der Waals surface area contributed by atoms with E-state index in [0.717, 1.165) is 0 Å². The van der Waals surface area contributed by atoms with Gasteiger partial charge in [0.1, 0.15) is 12.4 Å². The molecular formula is C15H20ClN3O3. The van der Waals surface area contributed by atoms with Crippen LogP contribution >= 0.6 is 11.6 Å². The maximum atomic E-state index is 12.1. The summed E-state index contributed by atoms with van der Waals surface area (Å²) in [4.78, 5) is 26.8. The van der Waals surface area contributed by atoms with E-state index >= 15 is 0 Å². The minimum absolute atomic E-state index is 0.0416. The van der Waals surface area contributed by atoms with Crippen LogP contribution in [-0.4, -0.2) is 68.0 Å². The lowest BCUT2D eigenvalue weighted by Gasteiger charge is -2.28. The van der Waals surface area contributed by atoms with Gasteiger partial charge in [-0.1, -0.05) is 17.7 Å². The fourth-order valence-corrected chi connectivity index (χ4v) is 2.32. The van der Waals surface area contributed by atoms with Crippen molar-refractivity contribution in [3.8, 4) is 5.75 Å². The van der Waals surface area contributed by atoms with E-state index in [9.17, 15) is 9.59 Å². The smallest absolute Gasteiger partial charge is 0.239 e. The second-order valence-electron chi connectivity index (χ2n) is 5.21. The van der Waals surface area contributed by atoms with Gasteiger partial charge in [-0.3, -0.25) is 14.5 Å². The van der Waals surface area contributed by atoms with Crippen molar-refractivity contribution in [1.29, 1.82) is 0 Å². The Morgan fingerprint density at radius 1 is 1.50 bits per heavy atom. The maximum Gasteiger partial charge on any atom is 0.239 e. The van der Waals surface area contributed by atoms with Crippen LogP contribution in [0.3, 0.4) is 0 Å². The highest BCUT2D eigenvalue weighted by atomic mass is 35.5. The molecule has 1 fully saturated rings. The van der Waals surface area contributed by atoms with Gasteiger partial charge in [0.25, 0.3) is 0 Å². The number of ether oxygens (including phenoxy) is 1. The Hall–Kier alpha value is -1.79. The van der Waals surface area contributed by atoms with Crippen LogP contribution in [0.4, 0.5) is 0 Å². The summed E-state index contributed by atoms with van der Waals surface area (Å²) in [6.45, 7) is 2.57. The zero-order valence-corrected chi connectivity index (χ0v) is 13.3. The predicted molar refractivity (Wildman–Crippen MR) is 84.0 cm³/mol. The Bertz CT molecular complexity index is 539. The normalized spacial score (nSPS) is 14.9. The van der Waals surface area contributed by atoms with Crippen LogP contribution in [0.5, 0.6) is 5.75 Å². The minimum Gasteiger partial charge on any atom is -0.492 e. The maximum absolute atomic E-state index is 12.1. The van der Waals surface area contributed by atoms with Crippen molar-refractivity contribution in [2.45, 2.75) is 0 Å². The summed E-state index contributed by atoms with van der Waals surface area (Å²) >= 11 is 5.88. The second kappa shape index (κ2) is 8.00. The SMILES string of the molecule is CN(CCOc1cccc(Cl)c1)CC(=O)N1CCNC(=O)C1. The monoisotopic (exact) mass is 325 g/mol. The van der Waals surface area contributed by atoms with Gasteiger partial charge in [0, 0.05) is 24.7 Å². The third kappa shape index (κ3) is 5.20. The van der Waals surface area contributed by atoms with Crippen molar-refractivity contribution in [1.82, 2.24) is 15.1 Å². The summed E-state index contributed by atoms with van der Waals surface area (Å²) in [5.41, 5.74) is 0. The van der Waals surface area contributed by atoms with E-state index in [1.807, 2.05) is 24.1 Å². The first-order valence-corrected chi connectivity index (χ1v) is 7.54. The number of benzene rings is 1. The molecule has 22 heavy (non-hydrogen) atoms. The number of amides is 2. The lowest BCUT2D eigenvalue weighted by molar-refractivity contribution is -0.138. The van der Waals surface area contributed by atoms with E-state index in [-0.39, 0.29) is 24.9 Å². The average Bonchev–Trinajstić information content (AvgIpc) is 2.47. The topological polar surface area (TPSA) is 61.9 Å². The highest BCUT2D eigenvalue weighted by molar-refractivity contribution is 6.30. The van der Waals surface area contributed by atoms with E-state index < -0.39 is 0 Å². The van der Waals surface area contributed by atoms with Gasteiger partial charge in [0.2, 0.25) is 11.8 Å². The molecule has 0 aliphatic carbocycles. The van der Waals surface area contributed by atoms with Crippen molar-refractivity contribution in [2.24, 2.45) is 0 Å². The first-order chi connectivity index (χ1) is 10.5. The first-order valence-electron chi connectivity index (χ1n) is 7.16. The number of piperazine rings is 1. The Morgan fingerprint density at radius 3 is 3.05 bits per heavy atom. The molecule has 0 unspecified atom stereocenters. The summed E-state index contributed by atoms with van der Waals surface area (Å²) in [6, 6.07) is 7.20. The zero-order valence-electron chi connectivity index (χ0n) is 12.5. The molecule has 2 rings (SSSR count). The molecule has 0 saturated carbocycles. The van der Waals surface area contributed by atoms with Gasteiger partial charge < -0.3 is 15.0 Å². The van der Waals surface area contributed by atoms with Crippen LogP contribution in [0.15, 0.2) is 24.3 Å². The largest absolute Gasteiger partial charge is 0.492 e. The van der Waals surface area contributed by atoms with E-state index in [1.165, 1.54) is 0 Å². The van der Waals surface area contributed by atoms with Gasteiger partial charge in [-0.2, -0.15) is 0 Å². The van der Waals surface area contributed by atoms with Crippen molar-refractivity contribution >= 4 is 23.4 Å². The molecule has 0 aromatic heterocycles. The van der Waals surface area contributed by atoms with E-state index in [0.29, 0.717) is 37.0 Å². The van der Waals surface area contributed by atoms with Crippen LogP contribution in [-0.2, 0) is 9.59 Å². The number of rotatable bonds is 6. The summed E-state index contributed by atoms with van der Waals surface area (Å²) < 4.78 is 5.59. The average molecular weight is 326 g/mol. The van der Waals surface area contributed by atoms with Gasteiger partial charge in [-0.15, -0.1) is 0 Å². The molecular weight excluding hydrogens is 306 g/mol. The van der Waals surface area contributed by atoms with Crippen LogP contribution in [0, 0.1) is 0 Å². The molecule has 1 aromatic carbocycles. The number of hydrogen-bond donors (Lipinski definition) is 1. The molecule has 1 N–H and O–H groups in total. The highest BCUT2D eigenvalue weighted by Gasteiger charge is 2.21. The number of carbonyl (C=O) groups is 2. The third-order valence-electron chi connectivity index (χ3n) is 3.33. The van der Waals surface area contributed by atoms with Crippen LogP contribution < -0.4 is 10.1 Å². The summed E-state index contributed by atoms with van der Waals surface area (Å²) in [5.74, 6) is 0.562. The summed E-state index contributed by atoms with van der Waals surface area (Å²) in [6.07, 6.45) is 0. The number of likely N-dealkylation sites (N-methyl/N-ethyl adjacent to an activating group) is 1. The molecule has 120 valence electrons. The van der Waals surface area contributed by atoms with E-state index in [2.05, 4.69) is 5.32 Å². The number of carbonyl (C=O) groups excluding carboxylic acids is 2. The predicted octanol–water partition coefficient (Wildman–Crippen LogP) is 0.609. The standard InChI is InChI=1S/C15H20ClN3O3/c1-18(7-8-22-13-4-2-3-12(16)9-13)11-15(21)19-6-5-17-14(20)10-19/h2-4,9H,5-8,10-11H2,1H3,(H,17,20). The molecule has 1 aromatic rings. The molecule has 1 aliphatic rings. The molecule has 1 heterocycles. The fourth-order valence-electron chi connectivity index (χ4n) is 2.14. The van der Waals surface area contributed by atoms with Crippen LogP contribution in [0.1, 0.15) is 0 Å². The lowest BCUT2D eigenvalue weighted by Crippen LogP contribution is -2.52. The number of nitrogens with one attached hydrogen (secondary N) is 1. The van der Waals surface area contributed by atoms with E-state index in [4.69, 9.17) is 16.3 Å². The van der Waals surface area contributed by atoms with Gasteiger partial charge in [0.15, 0.2) is 0 Å².